The van der Waals surface area contributed by atoms with Crippen LogP contribution in [0.5, 0.6) is 0 Å². The Morgan fingerprint density at radius 1 is 1.59 bits per heavy atom. The molecule has 0 radical (unpaired) electrons. The second-order valence-electron chi connectivity index (χ2n) is 3.62. The lowest BCUT2D eigenvalue weighted by atomic mass is 10.3. The van der Waals surface area contributed by atoms with Gasteiger partial charge < -0.3 is 14.7 Å². The normalized spacial score (nSPS) is 10.6. The maximum absolute atomic E-state index is 12.0. The van der Waals surface area contributed by atoms with E-state index < -0.39 is 0 Å². The van der Waals surface area contributed by atoms with E-state index in [9.17, 15) is 4.79 Å². The van der Waals surface area contributed by atoms with E-state index in [0.29, 0.717) is 29.7 Å². The molecule has 4 nitrogen and oxygen atoms in total. The number of rotatable bonds is 6. The van der Waals surface area contributed by atoms with Crippen molar-refractivity contribution in [3.05, 3.63) is 20.8 Å². The van der Waals surface area contributed by atoms with Crippen LogP contribution >= 0.6 is 22.9 Å². The largest absolute Gasteiger partial charge is 0.394 e. The van der Waals surface area contributed by atoms with Crippen LogP contribution in [0.15, 0.2) is 5.38 Å². The molecule has 0 fully saturated rings. The first-order valence-electron chi connectivity index (χ1n) is 5.25. The summed E-state index contributed by atoms with van der Waals surface area (Å²) in [4.78, 5) is 14.1. The fourth-order valence-corrected chi connectivity index (χ4v) is 2.48. The van der Waals surface area contributed by atoms with Gasteiger partial charge in [-0.1, -0.05) is 11.6 Å². The Balaban J connectivity index is 2.49. The molecule has 0 aliphatic rings. The quantitative estimate of drug-likeness (QED) is 0.807. The van der Waals surface area contributed by atoms with Crippen molar-refractivity contribution in [2.75, 3.05) is 33.4 Å². The summed E-state index contributed by atoms with van der Waals surface area (Å²) in [5.74, 6) is -0.0966. The second-order valence-corrected chi connectivity index (χ2v) is 4.88. The summed E-state index contributed by atoms with van der Waals surface area (Å²) < 4.78 is 5.10. The molecule has 0 saturated heterocycles. The number of ether oxygens (including phenoxy) is 1. The zero-order chi connectivity index (χ0) is 12.8. The summed E-state index contributed by atoms with van der Waals surface area (Å²) in [5.41, 5.74) is 0.921. The van der Waals surface area contributed by atoms with Gasteiger partial charge in [-0.2, -0.15) is 0 Å². The van der Waals surface area contributed by atoms with Crippen LogP contribution in [-0.4, -0.2) is 49.3 Å². The van der Waals surface area contributed by atoms with E-state index in [1.165, 1.54) is 11.3 Å². The van der Waals surface area contributed by atoms with Crippen LogP contribution in [-0.2, 0) is 4.74 Å². The molecule has 0 aliphatic heterocycles. The Morgan fingerprint density at radius 2 is 2.29 bits per heavy atom. The third-order valence-corrected chi connectivity index (χ3v) is 3.93. The van der Waals surface area contributed by atoms with Crippen molar-refractivity contribution in [3.63, 3.8) is 0 Å². The topological polar surface area (TPSA) is 49.8 Å². The number of halogens is 1. The number of nitrogens with zero attached hydrogens (tertiary/aromatic N) is 1. The van der Waals surface area contributed by atoms with Gasteiger partial charge in [-0.3, -0.25) is 4.79 Å². The van der Waals surface area contributed by atoms with Gasteiger partial charge in [0.25, 0.3) is 5.91 Å². The van der Waals surface area contributed by atoms with Crippen LogP contribution in [0.2, 0.25) is 5.02 Å². The molecule has 0 bridgehead atoms. The number of aliphatic hydroxyl groups excluding tert-OH is 1. The molecule has 0 spiro atoms. The van der Waals surface area contributed by atoms with Crippen LogP contribution in [0.3, 0.4) is 0 Å². The minimum absolute atomic E-state index is 0.00634. The highest BCUT2D eigenvalue weighted by Gasteiger charge is 2.18. The first kappa shape index (κ1) is 14.4. The predicted octanol–water partition coefficient (Wildman–Crippen LogP) is 1.79. The molecule has 0 aromatic carbocycles. The molecule has 96 valence electrons. The standard InChI is InChI=1S/C11H16ClNO3S/c1-8-7-17-10(9(8)12)11(15)13(2)3-5-16-6-4-14/h7,14H,3-6H2,1-2H3. The highest BCUT2D eigenvalue weighted by Crippen LogP contribution is 2.27. The van der Waals surface area contributed by atoms with Gasteiger partial charge in [0.05, 0.1) is 24.8 Å². The van der Waals surface area contributed by atoms with Crippen molar-refractivity contribution in [2.45, 2.75) is 6.92 Å². The fraction of sp³-hybridized carbons (Fsp3) is 0.545. The number of amides is 1. The number of thiophene rings is 1. The monoisotopic (exact) mass is 277 g/mol. The summed E-state index contributed by atoms with van der Waals surface area (Å²) >= 11 is 7.38. The van der Waals surface area contributed by atoms with Gasteiger partial charge in [0.1, 0.15) is 4.88 Å². The number of carbonyl (C=O) groups is 1. The van der Waals surface area contributed by atoms with Crippen molar-refractivity contribution in [3.8, 4) is 0 Å². The summed E-state index contributed by atoms with van der Waals surface area (Å²) in [7, 11) is 1.70. The van der Waals surface area contributed by atoms with Gasteiger partial charge in [0.2, 0.25) is 0 Å². The second kappa shape index (κ2) is 6.96. The molecule has 17 heavy (non-hydrogen) atoms. The summed E-state index contributed by atoms with van der Waals surface area (Å²) in [6.07, 6.45) is 0. The van der Waals surface area contributed by atoms with Crippen molar-refractivity contribution >= 4 is 28.8 Å². The Bertz CT molecular complexity index is 381. The van der Waals surface area contributed by atoms with E-state index in [0.717, 1.165) is 5.56 Å². The van der Waals surface area contributed by atoms with Crippen LogP contribution in [0.25, 0.3) is 0 Å². The molecule has 0 aliphatic carbocycles. The van der Waals surface area contributed by atoms with Gasteiger partial charge in [0, 0.05) is 13.6 Å². The highest BCUT2D eigenvalue weighted by molar-refractivity contribution is 7.13. The SMILES string of the molecule is Cc1csc(C(=O)N(C)CCOCCO)c1Cl. The molecular formula is C11H16ClNO3S. The molecule has 1 rings (SSSR count). The third-order valence-electron chi connectivity index (χ3n) is 2.25. The van der Waals surface area contributed by atoms with E-state index >= 15 is 0 Å². The molecule has 6 heteroatoms. The average Bonchev–Trinajstić information content (AvgIpc) is 2.64. The molecule has 0 unspecified atom stereocenters. The van der Waals surface area contributed by atoms with Crippen molar-refractivity contribution < 1.29 is 14.6 Å². The van der Waals surface area contributed by atoms with Gasteiger partial charge >= 0.3 is 0 Å². The predicted molar refractivity (Wildman–Crippen MR) is 68.9 cm³/mol. The molecule has 1 amide bonds. The molecule has 0 atom stereocenters. The number of likely N-dealkylation sites (N-methyl/N-ethyl adjacent to an activating group) is 1. The highest BCUT2D eigenvalue weighted by atomic mass is 35.5. The van der Waals surface area contributed by atoms with Gasteiger partial charge in [0.15, 0.2) is 0 Å². The summed E-state index contributed by atoms with van der Waals surface area (Å²) in [6.45, 7) is 3.05. The van der Waals surface area contributed by atoms with E-state index in [4.69, 9.17) is 21.4 Å². The van der Waals surface area contributed by atoms with Crippen LogP contribution in [0, 0.1) is 6.92 Å². The van der Waals surface area contributed by atoms with Crippen molar-refractivity contribution in [1.82, 2.24) is 4.90 Å². The van der Waals surface area contributed by atoms with Gasteiger partial charge in [-0.15, -0.1) is 11.3 Å². The average molecular weight is 278 g/mol. The zero-order valence-corrected chi connectivity index (χ0v) is 11.5. The lowest BCUT2D eigenvalue weighted by Gasteiger charge is -2.16. The van der Waals surface area contributed by atoms with E-state index in [1.807, 2.05) is 12.3 Å². The number of hydrogen-bond acceptors (Lipinski definition) is 4. The minimum Gasteiger partial charge on any atom is -0.394 e. The molecule has 1 aromatic heterocycles. The maximum Gasteiger partial charge on any atom is 0.265 e. The molecule has 0 saturated carbocycles. The van der Waals surface area contributed by atoms with E-state index in [-0.39, 0.29) is 12.5 Å². The van der Waals surface area contributed by atoms with Gasteiger partial charge in [-0.05, 0) is 17.9 Å². The fourth-order valence-electron chi connectivity index (χ4n) is 1.22. The number of carbonyl (C=O) groups excluding carboxylic acids is 1. The van der Waals surface area contributed by atoms with Crippen molar-refractivity contribution in [2.24, 2.45) is 0 Å². The molecule has 1 aromatic rings. The zero-order valence-electron chi connectivity index (χ0n) is 9.90. The Labute approximate surface area is 110 Å². The maximum atomic E-state index is 12.0. The third kappa shape index (κ3) is 3.96. The van der Waals surface area contributed by atoms with Crippen LogP contribution in [0.1, 0.15) is 15.2 Å². The van der Waals surface area contributed by atoms with Crippen LogP contribution < -0.4 is 0 Å². The summed E-state index contributed by atoms with van der Waals surface area (Å²) in [6, 6.07) is 0. The van der Waals surface area contributed by atoms with E-state index in [1.54, 1.807) is 11.9 Å². The smallest absolute Gasteiger partial charge is 0.265 e. The number of aryl methyl sites for hydroxylation is 1. The molecule has 1 N–H and O–H groups in total. The van der Waals surface area contributed by atoms with Crippen LogP contribution in [0.4, 0.5) is 0 Å². The Kier molecular flexibility index (Phi) is 5.91. The van der Waals surface area contributed by atoms with E-state index in [2.05, 4.69) is 0 Å². The minimum atomic E-state index is -0.0966. The Morgan fingerprint density at radius 3 is 2.82 bits per heavy atom. The summed E-state index contributed by atoms with van der Waals surface area (Å²) in [5, 5.41) is 10.9. The first-order chi connectivity index (χ1) is 8.07. The lowest BCUT2D eigenvalue weighted by molar-refractivity contribution is 0.0622. The molecular weight excluding hydrogens is 262 g/mol. The number of hydrogen-bond donors (Lipinski definition) is 1. The lowest BCUT2D eigenvalue weighted by Crippen LogP contribution is -2.30. The van der Waals surface area contributed by atoms with Gasteiger partial charge in [-0.25, -0.2) is 0 Å². The first-order valence-corrected chi connectivity index (χ1v) is 6.51. The Hall–Kier alpha value is -0.620. The van der Waals surface area contributed by atoms with Crippen molar-refractivity contribution in [1.29, 1.82) is 0 Å². The number of aliphatic hydroxyl groups is 1. The molecule has 1 heterocycles.